The number of benzene rings is 4. The fourth-order valence-electron chi connectivity index (χ4n) is 5.45. The highest BCUT2D eigenvalue weighted by Crippen LogP contribution is 2.43. The highest BCUT2D eigenvalue weighted by molar-refractivity contribution is 6.32. The summed E-state index contributed by atoms with van der Waals surface area (Å²) in [7, 11) is 2.17. The van der Waals surface area contributed by atoms with Gasteiger partial charge in [-0.25, -0.2) is 4.98 Å². The fourth-order valence-corrected chi connectivity index (χ4v) is 5.45. The molecular formula is C29H27N3. The van der Waals surface area contributed by atoms with Gasteiger partial charge in [-0.1, -0.05) is 70.2 Å². The zero-order valence-corrected chi connectivity index (χ0v) is 19.3. The molecule has 0 aliphatic heterocycles. The highest BCUT2D eigenvalue weighted by atomic mass is 15.1. The van der Waals surface area contributed by atoms with Gasteiger partial charge in [0.05, 0.1) is 16.6 Å². The number of fused-ring (bicyclic) bond motifs is 3. The van der Waals surface area contributed by atoms with E-state index in [4.69, 9.17) is 4.98 Å². The fraction of sp³-hybridized carbons (Fsp3) is 0.241. The van der Waals surface area contributed by atoms with Crippen molar-refractivity contribution >= 4 is 43.5 Å². The average molecular weight is 418 g/mol. The molecule has 0 saturated carbocycles. The first-order valence-electron chi connectivity index (χ1n) is 11.5. The van der Waals surface area contributed by atoms with E-state index in [0.29, 0.717) is 11.8 Å². The molecule has 2 heterocycles. The minimum absolute atomic E-state index is 0.422. The van der Waals surface area contributed by atoms with Gasteiger partial charge in [-0.3, -0.25) is 4.98 Å². The van der Waals surface area contributed by atoms with Gasteiger partial charge in [0.1, 0.15) is 5.82 Å². The molecule has 32 heavy (non-hydrogen) atoms. The molecule has 3 heteroatoms. The van der Waals surface area contributed by atoms with Crippen LogP contribution in [0.2, 0.25) is 0 Å². The monoisotopic (exact) mass is 417 g/mol. The number of rotatable bonds is 3. The van der Waals surface area contributed by atoms with Crippen LogP contribution in [-0.4, -0.2) is 14.5 Å². The van der Waals surface area contributed by atoms with Gasteiger partial charge in [0.15, 0.2) is 0 Å². The number of pyridine rings is 1. The first-order valence-corrected chi connectivity index (χ1v) is 11.5. The first kappa shape index (κ1) is 19.2. The minimum atomic E-state index is 0.422. The van der Waals surface area contributed by atoms with Crippen LogP contribution in [0.5, 0.6) is 0 Å². The highest BCUT2D eigenvalue weighted by Gasteiger charge is 2.23. The van der Waals surface area contributed by atoms with Crippen LogP contribution >= 0.6 is 0 Å². The molecule has 2 aromatic heterocycles. The molecule has 158 valence electrons. The van der Waals surface area contributed by atoms with Gasteiger partial charge in [-0.2, -0.15) is 0 Å². The molecular weight excluding hydrogens is 390 g/mol. The van der Waals surface area contributed by atoms with Crippen LogP contribution in [0.1, 0.15) is 50.7 Å². The largest absolute Gasteiger partial charge is 0.327 e. The Bertz CT molecular complexity index is 1610. The van der Waals surface area contributed by atoms with Crippen molar-refractivity contribution in [1.29, 1.82) is 0 Å². The van der Waals surface area contributed by atoms with Crippen molar-refractivity contribution in [2.24, 2.45) is 7.05 Å². The maximum Gasteiger partial charge on any atom is 0.141 e. The summed E-state index contributed by atoms with van der Waals surface area (Å²) >= 11 is 0. The van der Waals surface area contributed by atoms with Gasteiger partial charge in [-0.05, 0) is 40.5 Å². The van der Waals surface area contributed by atoms with Crippen molar-refractivity contribution in [1.82, 2.24) is 14.5 Å². The van der Waals surface area contributed by atoms with E-state index in [0.717, 1.165) is 16.9 Å². The molecule has 0 aliphatic carbocycles. The smallest absolute Gasteiger partial charge is 0.141 e. The number of hydrogen-bond acceptors (Lipinski definition) is 2. The van der Waals surface area contributed by atoms with Crippen LogP contribution in [0.4, 0.5) is 0 Å². The molecule has 0 N–H and O–H groups in total. The Balaban J connectivity index is 1.85. The third kappa shape index (κ3) is 2.48. The van der Waals surface area contributed by atoms with Crippen LogP contribution in [0.3, 0.4) is 0 Å². The second kappa shape index (κ2) is 6.77. The van der Waals surface area contributed by atoms with Gasteiger partial charge in [0.25, 0.3) is 0 Å². The Morgan fingerprint density at radius 1 is 0.750 bits per heavy atom. The lowest BCUT2D eigenvalue weighted by atomic mass is 9.88. The topological polar surface area (TPSA) is 30.7 Å². The molecule has 0 radical (unpaired) electrons. The van der Waals surface area contributed by atoms with E-state index in [9.17, 15) is 0 Å². The molecule has 0 unspecified atom stereocenters. The second-order valence-electron chi connectivity index (χ2n) is 9.53. The van der Waals surface area contributed by atoms with E-state index in [1.807, 2.05) is 6.20 Å². The summed E-state index contributed by atoms with van der Waals surface area (Å²) in [4.78, 5) is 10.0. The molecule has 6 rings (SSSR count). The van der Waals surface area contributed by atoms with E-state index in [2.05, 4.69) is 98.9 Å². The van der Waals surface area contributed by atoms with Gasteiger partial charge in [0.2, 0.25) is 0 Å². The lowest BCUT2D eigenvalue weighted by Crippen LogP contribution is -2.04. The number of nitrogens with zero attached hydrogens (tertiary/aromatic N) is 3. The predicted octanol–water partition coefficient (Wildman–Crippen LogP) is 7.78. The van der Waals surface area contributed by atoms with Crippen molar-refractivity contribution in [3.05, 3.63) is 71.9 Å². The molecule has 0 amide bonds. The summed E-state index contributed by atoms with van der Waals surface area (Å²) in [6, 6.07) is 19.7. The molecule has 3 nitrogen and oxygen atoms in total. The van der Waals surface area contributed by atoms with Crippen molar-refractivity contribution in [3.63, 3.8) is 0 Å². The van der Waals surface area contributed by atoms with E-state index in [1.54, 1.807) is 0 Å². The molecule has 0 bridgehead atoms. The summed E-state index contributed by atoms with van der Waals surface area (Å²) in [6.07, 6.45) is 1.93. The Labute approximate surface area is 188 Å². The van der Waals surface area contributed by atoms with Crippen LogP contribution < -0.4 is 0 Å². The number of hydrogen-bond donors (Lipinski definition) is 0. The lowest BCUT2D eigenvalue weighted by molar-refractivity contribution is 0.828. The molecule has 4 aromatic carbocycles. The standard InChI is InChI=1S/C29H27N3/c1-16(2)19-9-7-10-20(17(3)4)25(19)29-31-27-21-11-6-8-18-12-13-23-26(24(18)21)22(14-15-30-23)28(27)32(29)5/h6-17H,1-5H3. The van der Waals surface area contributed by atoms with E-state index in [1.165, 1.54) is 49.1 Å². The molecule has 0 atom stereocenters. The van der Waals surface area contributed by atoms with Gasteiger partial charge in [0, 0.05) is 40.4 Å². The van der Waals surface area contributed by atoms with Crippen molar-refractivity contribution < 1.29 is 0 Å². The Morgan fingerprint density at radius 3 is 2.19 bits per heavy atom. The van der Waals surface area contributed by atoms with E-state index >= 15 is 0 Å². The van der Waals surface area contributed by atoms with Gasteiger partial charge >= 0.3 is 0 Å². The zero-order chi connectivity index (χ0) is 22.1. The molecule has 0 fully saturated rings. The third-order valence-corrected chi connectivity index (χ3v) is 6.95. The summed E-state index contributed by atoms with van der Waals surface area (Å²) in [6.45, 7) is 9.09. The molecule has 0 spiro atoms. The van der Waals surface area contributed by atoms with Gasteiger partial charge < -0.3 is 4.57 Å². The average Bonchev–Trinajstić information content (AvgIpc) is 3.14. The Morgan fingerprint density at radius 2 is 1.47 bits per heavy atom. The molecule has 6 aromatic rings. The summed E-state index contributed by atoms with van der Waals surface area (Å²) in [5.41, 5.74) is 7.31. The minimum Gasteiger partial charge on any atom is -0.327 e. The van der Waals surface area contributed by atoms with Gasteiger partial charge in [-0.15, -0.1) is 0 Å². The maximum absolute atomic E-state index is 5.36. The number of aromatic nitrogens is 3. The van der Waals surface area contributed by atoms with E-state index < -0.39 is 0 Å². The van der Waals surface area contributed by atoms with E-state index in [-0.39, 0.29) is 0 Å². The normalized spacial score (nSPS) is 12.5. The molecule has 0 aliphatic rings. The molecule has 0 saturated heterocycles. The van der Waals surface area contributed by atoms with Crippen LogP contribution in [0.15, 0.2) is 60.8 Å². The number of aryl methyl sites for hydroxylation is 1. The van der Waals surface area contributed by atoms with Crippen LogP contribution in [0, 0.1) is 0 Å². The van der Waals surface area contributed by atoms with Crippen molar-refractivity contribution in [2.45, 2.75) is 39.5 Å². The summed E-state index contributed by atoms with van der Waals surface area (Å²) in [5.74, 6) is 1.90. The third-order valence-electron chi connectivity index (χ3n) is 6.95. The SMILES string of the molecule is CC(C)c1cccc(C(C)C)c1-c1nc2c3cccc4ccc5nccc(c5c43)c2n1C. The first-order chi connectivity index (χ1) is 15.5. The van der Waals surface area contributed by atoms with Crippen molar-refractivity contribution in [3.8, 4) is 11.4 Å². The number of imidazole rings is 1. The van der Waals surface area contributed by atoms with Crippen LogP contribution in [0.25, 0.3) is 54.9 Å². The summed E-state index contributed by atoms with van der Waals surface area (Å²) < 4.78 is 2.31. The Kier molecular flexibility index (Phi) is 4.07. The zero-order valence-electron chi connectivity index (χ0n) is 19.3. The maximum atomic E-state index is 5.36. The van der Waals surface area contributed by atoms with Crippen LogP contribution in [-0.2, 0) is 7.05 Å². The Hall–Kier alpha value is -3.46. The second-order valence-corrected chi connectivity index (χ2v) is 9.53. The van der Waals surface area contributed by atoms with Crippen molar-refractivity contribution in [2.75, 3.05) is 0 Å². The summed E-state index contributed by atoms with van der Waals surface area (Å²) in [5, 5.41) is 6.19. The predicted molar refractivity (Wildman–Crippen MR) is 136 cm³/mol. The lowest BCUT2D eigenvalue weighted by Gasteiger charge is -2.19. The quantitative estimate of drug-likeness (QED) is 0.275.